The number of nitro groups is 1. The molecular formula is C16H15N3O3. The lowest BCUT2D eigenvalue weighted by molar-refractivity contribution is -0.384. The third-order valence-corrected chi connectivity index (χ3v) is 3.21. The number of benzene rings is 2. The summed E-state index contributed by atoms with van der Waals surface area (Å²) in [5, 5.41) is 22.9. The summed E-state index contributed by atoms with van der Waals surface area (Å²) in [6.07, 6.45) is 0.723. The van der Waals surface area contributed by atoms with Gasteiger partial charge in [0.1, 0.15) is 11.4 Å². The molecule has 0 unspecified atom stereocenters. The van der Waals surface area contributed by atoms with Crippen molar-refractivity contribution in [2.75, 3.05) is 19.0 Å². The number of nitro benzene ring substituents is 1. The molecule has 0 fully saturated rings. The Balaban J connectivity index is 2.02. The van der Waals surface area contributed by atoms with Crippen LogP contribution in [0.4, 0.5) is 11.4 Å². The largest absolute Gasteiger partial charge is 0.497 e. The van der Waals surface area contributed by atoms with E-state index in [0.717, 1.165) is 17.7 Å². The predicted octanol–water partition coefficient (Wildman–Crippen LogP) is 3.13. The van der Waals surface area contributed by atoms with Crippen LogP contribution in [0.25, 0.3) is 0 Å². The maximum absolute atomic E-state index is 11.0. The van der Waals surface area contributed by atoms with Crippen LogP contribution in [0.3, 0.4) is 0 Å². The molecule has 0 aromatic heterocycles. The van der Waals surface area contributed by atoms with Gasteiger partial charge in [-0.05, 0) is 36.2 Å². The van der Waals surface area contributed by atoms with Crippen molar-refractivity contribution in [2.45, 2.75) is 6.42 Å². The fraction of sp³-hybridized carbons (Fsp3) is 0.188. The molecule has 6 heteroatoms. The van der Waals surface area contributed by atoms with Gasteiger partial charge in [-0.3, -0.25) is 10.1 Å². The minimum absolute atomic E-state index is 0.0891. The zero-order valence-electron chi connectivity index (χ0n) is 12.1. The fourth-order valence-electron chi connectivity index (χ4n) is 2.04. The Kier molecular flexibility index (Phi) is 4.94. The lowest BCUT2D eigenvalue weighted by Crippen LogP contribution is -2.07. The van der Waals surface area contributed by atoms with E-state index in [9.17, 15) is 10.1 Å². The average molecular weight is 297 g/mol. The van der Waals surface area contributed by atoms with Crippen LogP contribution >= 0.6 is 0 Å². The Morgan fingerprint density at radius 1 is 1.27 bits per heavy atom. The van der Waals surface area contributed by atoms with Crippen molar-refractivity contribution in [3.63, 3.8) is 0 Å². The molecule has 22 heavy (non-hydrogen) atoms. The minimum atomic E-state index is -0.490. The van der Waals surface area contributed by atoms with Crippen molar-refractivity contribution < 1.29 is 9.66 Å². The van der Waals surface area contributed by atoms with E-state index < -0.39 is 4.92 Å². The Hall–Kier alpha value is -3.07. The highest BCUT2D eigenvalue weighted by Crippen LogP contribution is 2.25. The lowest BCUT2D eigenvalue weighted by atomic mass is 10.1. The van der Waals surface area contributed by atoms with Crippen LogP contribution in [0.5, 0.6) is 5.75 Å². The maximum atomic E-state index is 11.0. The van der Waals surface area contributed by atoms with Crippen molar-refractivity contribution in [3.8, 4) is 11.8 Å². The van der Waals surface area contributed by atoms with Gasteiger partial charge in [-0.1, -0.05) is 12.1 Å². The van der Waals surface area contributed by atoms with Crippen LogP contribution in [0.15, 0.2) is 42.5 Å². The number of nitriles is 1. The van der Waals surface area contributed by atoms with E-state index in [1.54, 1.807) is 19.2 Å². The fourth-order valence-corrected chi connectivity index (χ4v) is 2.04. The van der Waals surface area contributed by atoms with E-state index in [4.69, 9.17) is 10.00 Å². The van der Waals surface area contributed by atoms with Gasteiger partial charge in [-0.2, -0.15) is 5.26 Å². The quantitative estimate of drug-likeness (QED) is 0.653. The van der Waals surface area contributed by atoms with Crippen LogP contribution < -0.4 is 10.1 Å². The van der Waals surface area contributed by atoms with E-state index in [0.29, 0.717) is 12.2 Å². The SMILES string of the molecule is COc1ccc(CCNc2ccc(C#N)cc2[N+](=O)[O-])cc1. The molecular weight excluding hydrogens is 282 g/mol. The Morgan fingerprint density at radius 3 is 2.59 bits per heavy atom. The second kappa shape index (κ2) is 7.09. The standard InChI is InChI=1S/C16H15N3O3/c1-22-14-5-2-12(3-6-14)8-9-18-15-7-4-13(11-17)10-16(15)19(20)21/h2-7,10,18H,8-9H2,1H3. The Morgan fingerprint density at radius 2 is 2.00 bits per heavy atom. The zero-order valence-corrected chi connectivity index (χ0v) is 12.1. The number of nitrogens with zero attached hydrogens (tertiary/aromatic N) is 2. The molecule has 2 aromatic rings. The van der Waals surface area contributed by atoms with Crippen molar-refractivity contribution in [1.29, 1.82) is 5.26 Å². The highest BCUT2D eigenvalue weighted by molar-refractivity contribution is 5.64. The molecule has 2 aromatic carbocycles. The molecule has 0 aliphatic rings. The van der Waals surface area contributed by atoms with Crippen LogP contribution in [-0.2, 0) is 6.42 Å². The van der Waals surface area contributed by atoms with Crippen molar-refractivity contribution in [2.24, 2.45) is 0 Å². The first kappa shape index (κ1) is 15.3. The first-order chi connectivity index (χ1) is 10.6. The molecule has 0 saturated heterocycles. The topological polar surface area (TPSA) is 88.2 Å². The third kappa shape index (κ3) is 3.73. The van der Waals surface area contributed by atoms with Crippen LogP contribution in [-0.4, -0.2) is 18.6 Å². The number of methoxy groups -OCH3 is 1. The van der Waals surface area contributed by atoms with E-state index >= 15 is 0 Å². The van der Waals surface area contributed by atoms with E-state index in [1.807, 2.05) is 30.3 Å². The number of hydrogen-bond acceptors (Lipinski definition) is 5. The monoisotopic (exact) mass is 297 g/mol. The molecule has 0 aliphatic carbocycles. The van der Waals surface area contributed by atoms with E-state index in [2.05, 4.69) is 5.32 Å². The summed E-state index contributed by atoms with van der Waals surface area (Å²) < 4.78 is 5.09. The summed E-state index contributed by atoms with van der Waals surface area (Å²) in [5.41, 5.74) is 1.70. The number of nitrogens with one attached hydrogen (secondary N) is 1. The molecule has 0 amide bonds. The van der Waals surface area contributed by atoms with Gasteiger partial charge in [0.25, 0.3) is 5.69 Å². The van der Waals surface area contributed by atoms with Gasteiger partial charge in [0.2, 0.25) is 0 Å². The first-order valence-electron chi connectivity index (χ1n) is 6.69. The summed E-state index contributed by atoms with van der Waals surface area (Å²) in [6, 6.07) is 13.9. The summed E-state index contributed by atoms with van der Waals surface area (Å²) in [4.78, 5) is 10.5. The number of ether oxygens (including phenoxy) is 1. The summed E-state index contributed by atoms with van der Waals surface area (Å²) in [5.74, 6) is 0.791. The van der Waals surface area contributed by atoms with Gasteiger partial charge >= 0.3 is 0 Å². The number of rotatable bonds is 6. The van der Waals surface area contributed by atoms with E-state index in [-0.39, 0.29) is 11.3 Å². The zero-order chi connectivity index (χ0) is 15.9. The van der Waals surface area contributed by atoms with Crippen molar-refractivity contribution >= 4 is 11.4 Å². The summed E-state index contributed by atoms with van der Waals surface area (Å²) in [6.45, 7) is 0.555. The van der Waals surface area contributed by atoms with Gasteiger partial charge in [0.15, 0.2) is 0 Å². The molecule has 0 atom stereocenters. The molecule has 2 rings (SSSR count). The second-order valence-corrected chi connectivity index (χ2v) is 4.63. The molecule has 1 N–H and O–H groups in total. The minimum Gasteiger partial charge on any atom is -0.497 e. The summed E-state index contributed by atoms with van der Waals surface area (Å²) >= 11 is 0. The summed E-state index contributed by atoms with van der Waals surface area (Å²) in [7, 11) is 1.61. The Labute approximate surface area is 128 Å². The third-order valence-electron chi connectivity index (χ3n) is 3.21. The van der Waals surface area contributed by atoms with Gasteiger partial charge in [-0.15, -0.1) is 0 Å². The van der Waals surface area contributed by atoms with E-state index in [1.165, 1.54) is 6.07 Å². The van der Waals surface area contributed by atoms with Crippen LogP contribution in [0.2, 0.25) is 0 Å². The van der Waals surface area contributed by atoms with Crippen molar-refractivity contribution in [3.05, 3.63) is 63.7 Å². The number of anilines is 1. The molecule has 112 valence electrons. The molecule has 0 saturated carbocycles. The number of hydrogen-bond donors (Lipinski definition) is 1. The molecule has 6 nitrogen and oxygen atoms in total. The Bertz CT molecular complexity index is 706. The highest BCUT2D eigenvalue weighted by atomic mass is 16.6. The average Bonchev–Trinajstić information content (AvgIpc) is 2.55. The molecule has 0 aliphatic heterocycles. The van der Waals surface area contributed by atoms with Gasteiger partial charge in [0.05, 0.1) is 23.7 Å². The van der Waals surface area contributed by atoms with Crippen LogP contribution in [0.1, 0.15) is 11.1 Å². The molecule has 0 spiro atoms. The second-order valence-electron chi connectivity index (χ2n) is 4.63. The molecule has 0 bridgehead atoms. The van der Waals surface area contributed by atoms with Gasteiger partial charge in [-0.25, -0.2) is 0 Å². The van der Waals surface area contributed by atoms with Gasteiger partial charge < -0.3 is 10.1 Å². The molecule has 0 radical (unpaired) electrons. The highest BCUT2D eigenvalue weighted by Gasteiger charge is 2.14. The molecule has 0 heterocycles. The van der Waals surface area contributed by atoms with Crippen LogP contribution in [0, 0.1) is 21.4 Å². The predicted molar refractivity (Wildman–Crippen MR) is 83.0 cm³/mol. The smallest absolute Gasteiger partial charge is 0.293 e. The maximum Gasteiger partial charge on any atom is 0.293 e. The van der Waals surface area contributed by atoms with Crippen molar-refractivity contribution in [1.82, 2.24) is 0 Å². The van der Waals surface area contributed by atoms with Gasteiger partial charge in [0, 0.05) is 12.6 Å². The first-order valence-corrected chi connectivity index (χ1v) is 6.69. The lowest BCUT2D eigenvalue weighted by Gasteiger charge is -2.08. The normalized spacial score (nSPS) is 9.82.